The highest BCUT2D eigenvalue weighted by atomic mass is 32.2. The molecule has 0 radical (unpaired) electrons. The smallest absolute Gasteiger partial charge is 0.410 e. The largest absolute Gasteiger partial charge is 0.480 e. The predicted molar refractivity (Wildman–Crippen MR) is 147 cm³/mol. The van der Waals surface area contributed by atoms with Crippen LogP contribution in [0.15, 0.2) is 34.3 Å². The van der Waals surface area contributed by atoms with Gasteiger partial charge >= 0.3 is 12.1 Å². The molecule has 0 spiro atoms. The van der Waals surface area contributed by atoms with Crippen molar-refractivity contribution in [3.8, 4) is 0 Å². The minimum atomic E-state index is -4.09. The number of piperidine rings is 1. The maximum atomic E-state index is 12.6. The van der Waals surface area contributed by atoms with E-state index in [1.807, 2.05) is 20.8 Å². The highest BCUT2D eigenvalue weighted by molar-refractivity contribution is 7.89. The second-order valence-corrected chi connectivity index (χ2v) is 13.1. The first-order chi connectivity index (χ1) is 18.7. The molecule has 0 aromatic heterocycles. The number of carboxylic acid groups (broad SMARTS) is 1. The van der Waals surface area contributed by atoms with E-state index in [1.54, 1.807) is 24.0 Å². The number of carbonyl (C=O) groups excluding carboxylic acids is 2. The zero-order valence-electron chi connectivity index (χ0n) is 23.5. The molecule has 1 aromatic carbocycles. The van der Waals surface area contributed by atoms with Gasteiger partial charge in [-0.2, -0.15) is 4.72 Å². The van der Waals surface area contributed by atoms with E-state index in [2.05, 4.69) is 15.2 Å². The Balaban J connectivity index is 1.37. The molecule has 3 rings (SSSR count). The number of nitrogens with zero attached hydrogens (tertiary/aromatic N) is 2. The van der Waals surface area contributed by atoms with Crippen molar-refractivity contribution in [2.24, 2.45) is 11.1 Å². The maximum Gasteiger partial charge on any atom is 0.410 e. The highest BCUT2D eigenvalue weighted by Gasteiger charge is 2.30. The van der Waals surface area contributed by atoms with Crippen LogP contribution >= 0.6 is 0 Å². The summed E-state index contributed by atoms with van der Waals surface area (Å²) in [4.78, 5) is 43.4. The van der Waals surface area contributed by atoms with Gasteiger partial charge in [-0.25, -0.2) is 13.2 Å². The van der Waals surface area contributed by atoms with E-state index in [0.29, 0.717) is 31.0 Å². The Labute approximate surface area is 235 Å². The van der Waals surface area contributed by atoms with Crippen LogP contribution < -0.4 is 10.0 Å². The second kappa shape index (κ2) is 13.4. The summed E-state index contributed by atoms with van der Waals surface area (Å²) in [5.41, 5.74) is 1.06. The van der Waals surface area contributed by atoms with Gasteiger partial charge in [-0.1, -0.05) is 17.3 Å². The molecule has 0 aliphatic carbocycles. The monoisotopic (exact) mass is 580 g/mol. The standard InChI is InChI=1S/C27H40N4O8S/c1-18-6-5-7-22(14-18)40(36,37)30-23(25(33)34)17-28-24(32)16-21-15-20(29-39-21)9-8-19-10-12-31(13-11-19)26(35)38-27(2,3)4/h5-7,14,19,21,23,30H,8-13,15-17H2,1-4H3,(H,28,32)(H,33,34)/t21-,23+/m1/s1. The number of carboxylic acids is 1. The summed E-state index contributed by atoms with van der Waals surface area (Å²) in [6, 6.07) is 4.56. The zero-order valence-corrected chi connectivity index (χ0v) is 24.3. The molecule has 12 nitrogen and oxygen atoms in total. The van der Waals surface area contributed by atoms with Crippen LogP contribution in [-0.4, -0.2) is 79.5 Å². The quantitative estimate of drug-likeness (QED) is 0.360. The summed E-state index contributed by atoms with van der Waals surface area (Å²) in [6.07, 6.45) is 3.14. The van der Waals surface area contributed by atoms with Crippen LogP contribution in [0.3, 0.4) is 0 Å². The maximum absolute atomic E-state index is 12.6. The highest BCUT2D eigenvalue weighted by Crippen LogP contribution is 2.26. The van der Waals surface area contributed by atoms with Gasteiger partial charge in [-0.3, -0.25) is 9.59 Å². The van der Waals surface area contributed by atoms with E-state index < -0.39 is 46.2 Å². The van der Waals surface area contributed by atoms with Crippen molar-refractivity contribution in [1.29, 1.82) is 0 Å². The predicted octanol–water partition coefficient (Wildman–Crippen LogP) is 2.81. The first kappa shape index (κ1) is 31.3. The van der Waals surface area contributed by atoms with Gasteiger partial charge in [0.15, 0.2) is 0 Å². The van der Waals surface area contributed by atoms with Crippen LogP contribution in [0.1, 0.15) is 64.9 Å². The lowest BCUT2D eigenvalue weighted by atomic mass is 9.90. The summed E-state index contributed by atoms with van der Waals surface area (Å²) in [5.74, 6) is -1.41. The molecule has 1 saturated heterocycles. The molecule has 2 atom stereocenters. The normalized spacial score (nSPS) is 18.9. The average Bonchev–Trinajstić information content (AvgIpc) is 3.31. The lowest BCUT2D eigenvalue weighted by Crippen LogP contribution is -2.48. The minimum absolute atomic E-state index is 0.0295. The zero-order chi connectivity index (χ0) is 29.5. The number of amides is 2. The minimum Gasteiger partial charge on any atom is -0.480 e. The van der Waals surface area contributed by atoms with E-state index in [-0.39, 0.29) is 17.4 Å². The number of aliphatic carboxylic acids is 1. The third-order valence-corrected chi connectivity index (χ3v) is 8.18. The summed E-state index contributed by atoms with van der Waals surface area (Å²) in [6.45, 7) is 8.18. The number of carbonyl (C=O) groups is 3. The Kier molecular flexibility index (Phi) is 10.5. The number of sulfonamides is 1. The van der Waals surface area contributed by atoms with Gasteiger partial charge in [0.05, 0.1) is 17.0 Å². The summed E-state index contributed by atoms with van der Waals surface area (Å²) in [5, 5.41) is 16.1. The van der Waals surface area contributed by atoms with E-state index in [0.717, 1.165) is 31.4 Å². The molecule has 2 heterocycles. The van der Waals surface area contributed by atoms with Crippen molar-refractivity contribution in [3.05, 3.63) is 29.8 Å². The summed E-state index contributed by atoms with van der Waals surface area (Å²) < 4.78 is 32.7. The van der Waals surface area contributed by atoms with Crippen LogP contribution in [-0.2, 0) is 29.2 Å². The Morgan fingerprint density at radius 2 is 1.93 bits per heavy atom. The average molecular weight is 581 g/mol. The molecule has 1 fully saturated rings. The van der Waals surface area contributed by atoms with Gasteiger partial charge in [0.2, 0.25) is 15.9 Å². The number of ether oxygens (including phenoxy) is 1. The van der Waals surface area contributed by atoms with Gasteiger partial charge in [0, 0.05) is 26.1 Å². The van der Waals surface area contributed by atoms with E-state index >= 15 is 0 Å². The fourth-order valence-electron chi connectivity index (χ4n) is 4.56. The Morgan fingerprint density at radius 1 is 1.23 bits per heavy atom. The first-order valence-corrected chi connectivity index (χ1v) is 15.0. The van der Waals surface area contributed by atoms with Crippen molar-refractivity contribution in [2.75, 3.05) is 19.6 Å². The third-order valence-electron chi connectivity index (χ3n) is 6.71. The molecule has 222 valence electrons. The van der Waals surface area contributed by atoms with E-state index in [1.165, 1.54) is 12.1 Å². The number of hydrogen-bond acceptors (Lipinski definition) is 8. The van der Waals surface area contributed by atoms with Crippen LogP contribution in [0.25, 0.3) is 0 Å². The van der Waals surface area contributed by atoms with Gasteiger partial charge in [-0.05, 0) is 77.0 Å². The number of benzene rings is 1. The number of aryl methyl sites for hydroxylation is 1. The number of likely N-dealkylation sites (tertiary alicyclic amines) is 1. The molecule has 0 saturated carbocycles. The number of rotatable bonds is 11. The van der Waals surface area contributed by atoms with Gasteiger partial charge in [-0.15, -0.1) is 0 Å². The van der Waals surface area contributed by atoms with Crippen molar-refractivity contribution in [3.63, 3.8) is 0 Å². The van der Waals surface area contributed by atoms with E-state index in [4.69, 9.17) is 9.57 Å². The molecule has 3 N–H and O–H groups in total. The molecule has 40 heavy (non-hydrogen) atoms. The van der Waals surface area contributed by atoms with Crippen molar-refractivity contribution >= 4 is 33.7 Å². The summed E-state index contributed by atoms with van der Waals surface area (Å²) >= 11 is 0. The topological polar surface area (TPSA) is 164 Å². The fraction of sp³-hybridized carbons (Fsp3) is 0.630. The molecule has 2 amide bonds. The number of hydrogen-bond donors (Lipinski definition) is 3. The van der Waals surface area contributed by atoms with E-state index in [9.17, 15) is 27.9 Å². The van der Waals surface area contributed by atoms with Gasteiger partial charge in [0.25, 0.3) is 0 Å². The van der Waals surface area contributed by atoms with Crippen molar-refractivity contribution in [2.45, 2.75) is 88.9 Å². The van der Waals surface area contributed by atoms with Gasteiger partial charge in [0.1, 0.15) is 17.7 Å². The lowest BCUT2D eigenvalue weighted by Gasteiger charge is -2.33. The van der Waals surface area contributed by atoms with Crippen LogP contribution in [0.5, 0.6) is 0 Å². The fourth-order valence-corrected chi connectivity index (χ4v) is 5.85. The Morgan fingerprint density at radius 3 is 2.55 bits per heavy atom. The Bertz CT molecular complexity index is 1200. The SMILES string of the molecule is Cc1cccc(S(=O)(=O)N[C@@H](CNC(=O)C[C@H]2CC(CCC3CCN(C(=O)OC(C)(C)C)CC3)=NO2)C(=O)O)c1. The second-order valence-electron chi connectivity index (χ2n) is 11.4. The van der Waals surface area contributed by atoms with Crippen LogP contribution in [0.2, 0.25) is 0 Å². The molecular formula is C27H40N4O8S. The van der Waals surface area contributed by atoms with Crippen LogP contribution in [0, 0.1) is 12.8 Å². The van der Waals surface area contributed by atoms with Crippen molar-refractivity contribution in [1.82, 2.24) is 14.9 Å². The van der Waals surface area contributed by atoms with Crippen LogP contribution in [0.4, 0.5) is 4.79 Å². The number of nitrogens with one attached hydrogen (secondary N) is 2. The third kappa shape index (κ3) is 9.77. The van der Waals surface area contributed by atoms with Crippen molar-refractivity contribution < 1.29 is 37.5 Å². The first-order valence-electron chi connectivity index (χ1n) is 13.5. The molecular weight excluding hydrogens is 540 g/mol. The molecule has 13 heteroatoms. The molecule has 0 bridgehead atoms. The Hall–Kier alpha value is -3.19. The lowest BCUT2D eigenvalue weighted by molar-refractivity contribution is -0.139. The summed E-state index contributed by atoms with van der Waals surface area (Å²) in [7, 11) is -4.09. The molecule has 0 unspecified atom stereocenters. The molecule has 2 aliphatic heterocycles. The molecule has 2 aliphatic rings. The number of oxime groups is 1. The molecule has 1 aromatic rings. The van der Waals surface area contributed by atoms with Gasteiger partial charge < -0.3 is 24.9 Å².